The maximum absolute atomic E-state index is 13.3. The van der Waals surface area contributed by atoms with Crippen molar-refractivity contribution in [1.29, 1.82) is 0 Å². The molecule has 1 aliphatic carbocycles. The van der Waals surface area contributed by atoms with Crippen LogP contribution in [0.25, 0.3) is 0 Å². The molecule has 0 spiro atoms. The van der Waals surface area contributed by atoms with E-state index in [9.17, 15) is 8.78 Å². The van der Waals surface area contributed by atoms with Gasteiger partial charge in [-0.3, -0.25) is 0 Å². The quantitative estimate of drug-likeness (QED) is 0.812. The van der Waals surface area contributed by atoms with Crippen LogP contribution in [-0.2, 0) is 6.42 Å². The predicted octanol–water partition coefficient (Wildman–Crippen LogP) is 4.46. The molecule has 0 aromatic heterocycles. The summed E-state index contributed by atoms with van der Waals surface area (Å²) in [4.78, 5) is 0. The minimum absolute atomic E-state index is 0.389. The van der Waals surface area contributed by atoms with Crippen molar-refractivity contribution in [3.05, 3.63) is 35.4 Å². The molecule has 112 valence electrons. The normalized spacial score (nSPS) is 18.1. The Hall–Kier alpha value is -0.960. The molecule has 20 heavy (non-hydrogen) atoms. The summed E-state index contributed by atoms with van der Waals surface area (Å²) in [5.41, 5.74) is 0.892. The van der Waals surface area contributed by atoms with Crippen LogP contribution in [0.5, 0.6) is 0 Å². The van der Waals surface area contributed by atoms with Gasteiger partial charge >= 0.3 is 0 Å². The van der Waals surface area contributed by atoms with E-state index in [-0.39, 0.29) is 0 Å². The van der Waals surface area contributed by atoms with E-state index in [4.69, 9.17) is 0 Å². The Kier molecular flexibility index (Phi) is 5.96. The topological polar surface area (TPSA) is 12.0 Å². The third-order valence-electron chi connectivity index (χ3n) is 4.32. The molecule has 1 aromatic rings. The number of hydrogen-bond acceptors (Lipinski definition) is 1. The molecule has 1 fully saturated rings. The molecule has 1 aromatic carbocycles. The van der Waals surface area contributed by atoms with Crippen molar-refractivity contribution in [1.82, 2.24) is 5.32 Å². The average molecular weight is 281 g/mol. The van der Waals surface area contributed by atoms with Crippen molar-refractivity contribution in [3.8, 4) is 0 Å². The summed E-state index contributed by atoms with van der Waals surface area (Å²) in [7, 11) is 0. The summed E-state index contributed by atoms with van der Waals surface area (Å²) < 4.78 is 26.3. The third-order valence-corrected chi connectivity index (χ3v) is 4.32. The van der Waals surface area contributed by atoms with E-state index in [1.807, 2.05) is 0 Å². The molecule has 0 bridgehead atoms. The highest BCUT2D eigenvalue weighted by molar-refractivity contribution is 5.19. The Morgan fingerprint density at radius 1 is 1.15 bits per heavy atom. The maximum atomic E-state index is 13.3. The summed E-state index contributed by atoms with van der Waals surface area (Å²) in [6, 6.07) is 4.68. The van der Waals surface area contributed by atoms with Crippen molar-refractivity contribution in [2.45, 2.75) is 57.9 Å². The van der Waals surface area contributed by atoms with Crippen molar-refractivity contribution < 1.29 is 8.78 Å². The highest BCUT2D eigenvalue weighted by Crippen LogP contribution is 2.28. The van der Waals surface area contributed by atoms with E-state index in [0.717, 1.165) is 24.9 Å². The fourth-order valence-electron chi connectivity index (χ4n) is 3.19. The number of hydrogen-bond donors (Lipinski definition) is 1. The molecule has 0 amide bonds. The molecular weight excluding hydrogens is 256 g/mol. The van der Waals surface area contributed by atoms with Crippen LogP contribution >= 0.6 is 0 Å². The zero-order chi connectivity index (χ0) is 14.4. The molecule has 0 radical (unpaired) electrons. The number of rotatable bonds is 6. The van der Waals surface area contributed by atoms with Gasteiger partial charge in [0.05, 0.1) is 0 Å². The summed E-state index contributed by atoms with van der Waals surface area (Å²) in [6.07, 6.45) is 8.33. The fraction of sp³-hybridized carbons (Fsp3) is 0.647. The van der Waals surface area contributed by atoms with Gasteiger partial charge in [-0.1, -0.05) is 32.3 Å². The average Bonchev–Trinajstić information content (AvgIpc) is 2.48. The van der Waals surface area contributed by atoms with E-state index in [2.05, 4.69) is 12.2 Å². The van der Waals surface area contributed by atoms with Gasteiger partial charge in [-0.05, 0) is 55.8 Å². The molecule has 0 aliphatic heterocycles. The Bertz CT molecular complexity index is 413. The van der Waals surface area contributed by atoms with Gasteiger partial charge in [0, 0.05) is 6.04 Å². The summed E-state index contributed by atoms with van der Waals surface area (Å²) >= 11 is 0. The second-order valence-corrected chi connectivity index (χ2v) is 5.91. The smallest absolute Gasteiger partial charge is 0.159 e. The number of benzene rings is 1. The lowest BCUT2D eigenvalue weighted by Gasteiger charge is -2.31. The van der Waals surface area contributed by atoms with E-state index in [0.29, 0.717) is 12.0 Å². The summed E-state index contributed by atoms with van der Waals surface area (Å²) in [5, 5.41) is 3.61. The van der Waals surface area contributed by atoms with Crippen LogP contribution in [0.4, 0.5) is 8.78 Å². The summed E-state index contributed by atoms with van der Waals surface area (Å²) in [6.45, 7) is 3.15. The zero-order valence-corrected chi connectivity index (χ0v) is 12.3. The molecule has 1 saturated carbocycles. The van der Waals surface area contributed by atoms with Crippen LogP contribution in [0.1, 0.15) is 51.0 Å². The van der Waals surface area contributed by atoms with Crippen molar-refractivity contribution in [2.75, 3.05) is 6.54 Å². The molecule has 1 nitrogen and oxygen atoms in total. The first-order valence-corrected chi connectivity index (χ1v) is 7.88. The molecule has 1 aliphatic rings. The minimum atomic E-state index is -0.760. The lowest BCUT2D eigenvalue weighted by atomic mass is 9.81. The largest absolute Gasteiger partial charge is 0.313 e. The molecule has 0 heterocycles. The molecule has 1 atom stereocenters. The molecular formula is C17H25F2N. The molecule has 1 N–H and O–H groups in total. The number of nitrogens with one attached hydrogen (secondary N) is 1. The standard InChI is InChI=1S/C17H25F2N/c1-2-10-20-17(14-6-4-3-5-7-14)12-13-8-9-15(18)16(19)11-13/h8-9,11,14,17,20H,2-7,10,12H2,1H3. The van der Waals surface area contributed by atoms with Gasteiger partial charge in [-0.15, -0.1) is 0 Å². The first-order valence-electron chi connectivity index (χ1n) is 7.88. The monoisotopic (exact) mass is 281 g/mol. The SMILES string of the molecule is CCCNC(Cc1ccc(F)c(F)c1)C1CCCCC1. The van der Waals surface area contributed by atoms with Gasteiger partial charge in [-0.2, -0.15) is 0 Å². The van der Waals surface area contributed by atoms with Gasteiger partial charge in [0.15, 0.2) is 11.6 Å². The highest BCUT2D eigenvalue weighted by atomic mass is 19.2. The minimum Gasteiger partial charge on any atom is -0.313 e. The maximum Gasteiger partial charge on any atom is 0.159 e. The number of halogens is 2. The van der Waals surface area contributed by atoms with Gasteiger partial charge in [0.2, 0.25) is 0 Å². The summed E-state index contributed by atoms with van der Waals surface area (Å²) in [5.74, 6) is -0.826. The van der Waals surface area contributed by atoms with E-state index in [1.54, 1.807) is 6.07 Å². The fourth-order valence-corrected chi connectivity index (χ4v) is 3.19. The lowest BCUT2D eigenvalue weighted by molar-refractivity contribution is 0.267. The van der Waals surface area contributed by atoms with Gasteiger partial charge in [-0.25, -0.2) is 8.78 Å². The van der Waals surface area contributed by atoms with E-state index >= 15 is 0 Å². The van der Waals surface area contributed by atoms with Crippen LogP contribution in [0.15, 0.2) is 18.2 Å². The molecule has 1 unspecified atom stereocenters. The second-order valence-electron chi connectivity index (χ2n) is 5.91. The van der Waals surface area contributed by atoms with Gasteiger partial charge in [0.25, 0.3) is 0 Å². The van der Waals surface area contributed by atoms with E-state index in [1.165, 1.54) is 44.2 Å². The molecule has 3 heteroatoms. The first kappa shape index (κ1) is 15.4. The van der Waals surface area contributed by atoms with Crippen molar-refractivity contribution in [3.63, 3.8) is 0 Å². The van der Waals surface area contributed by atoms with Gasteiger partial charge < -0.3 is 5.32 Å². The lowest BCUT2D eigenvalue weighted by Crippen LogP contribution is -2.39. The van der Waals surface area contributed by atoms with Crippen LogP contribution in [0, 0.1) is 17.6 Å². The van der Waals surface area contributed by atoms with Gasteiger partial charge in [0.1, 0.15) is 0 Å². The van der Waals surface area contributed by atoms with Crippen LogP contribution in [0.2, 0.25) is 0 Å². The van der Waals surface area contributed by atoms with E-state index < -0.39 is 11.6 Å². The van der Waals surface area contributed by atoms with Crippen LogP contribution < -0.4 is 5.32 Å². The zero-order valence-electron chi connectivity index (χ0n) is 12.3. The molecule has 0 saturated heterocycles. The second kappa shape index (κ2) is 7.72. The Morgan fingerprint density at radius 2 is 1.90 bits per heavy atom. The van der Waals surface area contributed by atoms with Crippen molar-refractivity contribution in [2.24, 2.45) is 5.92 Å². The van der Waals surface area contributed by atoms with Crippen LogP contribution in [0.3, 0.4) is 0 Å². The predicted molar refractivity (Wildman–Crippen MR) is 78.7 cm³/mol. The Balaban J connectivity index is 2.03. The highest BCUT2D eigenvalue weighted by Gasteiger charge is 2.23. The molecule has 2 rings (SSSR count). The Labute approximate surface area is 120 Å². The first-order chi connectivity index (χ1) is 9.70. The van der Waals surface area contributed by atoms with Crippen LogP contribution in [-0.4, -0.2) is 12.6 Å². The van der Waals surface area contributed by atoms with Crippen molar-refractivity contribution >= 4 is 0 Å². The third kappa shape index (κ3) is 4.27. The Morgan fingerprint density at radius 3 is 2.55 bits per heavy atom.